The van der Waals surface area contributed by atoms with Crippen LogP contribution in [0.5, 0.6) is 0 Å². The summed E-state index contributed by atoms with van der Waals surface area (Å²) >= 11 is 0. The second-order valence-electron chi connectivity index (χ2n) is 10.3. The Morgan fingerprint density at radius 1 is 0.743 bits per heavy atom. The Morgan fingerprint density at radius 3 is 1.37 bits per heavy atom. The zero-order chi connectivity index (χ0) is 26.8. The molecular formula is C25H32BF4N3O2. The number of anilines is 2. The highest BCUT2D eigenvalue weighted by Gasteiger charge is 2.24. The van der Waals surface area contributed by atoms with E-state index in [0.717, 1.165) is 39.7 Å². The van der Waals surface area contributed by atoms with Crippen LogP contribution in [-0.4, -0.2) is 19.1 Å². The van der Waals surface area contributed by atoms with Gasteiger partial charge in [-0.25, -0.2) is 0 Å². The standard InChI is InChI=1S/C25H31N3O2.BF4/c1-8-28-20-14-18(26-22(29)24(2,3)4)11-9-16(20)13-17-10-12-19(15-21(17)28)27-23(30)25(5,6)7;2-1(3,4)5/h9-15H,8H2,1-7H3,(H,26,27,29,30);/q;-1/p+1. The van der Waals surface area contributed by atoms with Gasteiger partial charge in [-0.05, 0) is 37.3 Å². The lowest BCUT2D eigenvalue weighted by Crippen LogP contribution is -2.34. The quantitative estimate of drug-likeness (QED) is 0.188. The normalized spacial score (nSPS) is 12.2. The minimum Gasteiger partial charge on any atom is -0.418 e. The van der Waals surface area contributed by atoms with Gasteiger partial charge in [0, 0.05) is 45.1 Å². The molecule has 0 fully saturated rings. The molecule has 190 valence electrons. The summed E-state index contributed by atoms with van der Waals surface area (Å²) in [5.41, 5.74) is 2.72. The van der Waals surface area contributed by atoms with Gasteiger partial charge in [-0.1, -0.05) is 41.5 Å². The molecule has 10 heteroatoms. The maximum absolute atomic E-state index is 12.4. The predicted octanol–water partition coefficient (Wildman–Crippen LogP) is 6.57. The van der Waals surface area contributed by atoms with E-state index in [4.69, 9.17) is 0 Å². The van der Waals surface area contributed by atoms with E-state index < -0.39 is 18.1 Å². The number of carbonyl (C=O) groups excluding carboxylic acids is 2. The van der Waals surface area contributed by atoms with Crippen molar-refractivity contribution in [3.8, 4) is 0 Å². The summed E-state index contributed by atoms with van der Waals surface area (Å²) in [5, 5.41) is 8.24. The lowest BCUT2D eigenvalue weighted by molar-refractivity contribution is -0.641. The van der Waals surface area contributed by atoms with Crippen molar-refractivity contribution in [3.05, 3.63) is 42.5 Å². The third-order valence-electron chi connectivity index (χ3n) is 5.15. The van der Waals surface area contributed by atoms with Gasteiger partial charge in [-0.3, -0.25) is 9.59 Å². The third-order valence-corrected chi connectivity index (χ3v) is 5.15. The molecule has 3 rings (SSSR count). The molecule has 0 aliphatic carbocycles. The van der Waals surface area contributed by atoms with Crippen LogP contribution < -0.4 is 15.2 Å². The molecule has 2 aromatic carbocycles. The van der Waals surface area contributed by atoms with Crippen LogP contribution in [0.25, 0.3) is 21.8 Å². The van der Waals surface area contributed by atoms with Gasteiger partial charge < -0.3 is 27.9 Å². The molecule has 0 bridgehead atoms. The number of hydrogen-bond donors (Lipinski definition) is 2. The average molecular weight is 493 g/mol. The Kier molecular flexibility index (Phi) is 8.19. The van der Waals surface area contributed by atoms with Crippen LogP contribution in [0.4, 0.5) is 28.6 Å². The van der Waals surface area contributed by atoms with Crippen LogP contribution >= 0.6 is 0 Å². The highest BCUT2D eigenvalue weighted by atomic mass is 19.5. The number of nitrogens with zero attached hydrogens (tertiary/aromatic N) is 1. The van der Waals surface area contributed by atoms with E-state index in [2.05, 4.69) is 28.2 Å². The summed E-state index contributed by atoms with van der Waals surface area (Å²) in [6.45, 7) is 14.3. The monoisotopic (exact) mass is 493 g/mol. The first-order valence-corrected chi connectivity index (χ1v) is 11.3. The topological polar surface area (TPSA) is 62.1 Å². The number of amides is 2. The largest absolute Gasteiger partial charge is 0.673 e. The van der Waals surface area contributed by atoms with E-state index in [-0.39, 0.29) is 11.8 Å². The predicted molar refractivity (Wildman–Crippen MR) is 134 cm³/mol. The summed E-state index contributed by atoms with van der Waals surface area (Å²) in [7, 11) is -6.00. The molecule has 5 nitrogen and oxygen atoms in total. The fourth-order valence-electron chi connectivity index (χ4n) is 3.23. The fraction of sp³-hybridized carbons (Fsp3) is 0.400. The van der Waals surface area contributed by atoms with E-state index in [1.54, 1.807) is 0 Å². The molecule has 2 amide bonds. The maximum atomic E-state index is 12.4. The number of nitrogens with one attached hydrogen (secondary N) is 2. The highest BCUT2D eigenvalue weighted by molar-refractivity contribution is 6.50. The Balaban J connectivity index is 0.000000784. The number of rotatable bonds is 3. The van der Waals surface area contributed by atoms with Crippen LogP contribution in [0.3, 0.4) is 0 Å². The molecule has 3 aromatic rings. The number of carbonyl (C=O) groups is 2. The Morgan fingerprint density at radius 2 is 1.09 bits per heavy atom. The minimum absolute atomic E-state index is 0.0159. The molecule has 0 saturated heterocycles. The van der Waals surface area contributed by atoms with Gasteiger partial charge in [0.05, 0.1) is 0 Å². The number of halogens is 4. The van der Waals surface area contributed by atoms with Crippen molar-refractivity contribution < 1.29 is 31.4 Å². The first kappa shape index (κ1) is 28.1. The van der Waals surface area contributed by atoms with Crippen LogP contribution in [-0.2, 0) is 16.1 Å². The van der Waals surface area contributed by atoms with E-state index in [1.807, 2.05) is 77.9 Å². The van der Waals surface area contributed by atoms with Crippen LogP contribution in [0.1, 0.15) is 48.5 Å². The van der Waals surface area contributed by atoms with Gasteiger partial charge >= 0.3 is 7.25 Å². The number of fused-ring (bicyclic) bond motifs is 2. The second-order valence-corrected chi connectivity index (χ2v) is 10.3. The molecule has 0 aliphatic heterocycles. The molecule has 0 aliphatic rings. The Labute approximate surface area is 203 Å². The van der Waals surface area contributed by atoms with Gasteiger partial charge in [-0.15, -0.1) is 0 Å². The lowest BCUT2D eigenvalue weighted by atomic mass is 9.95. The first-order chi connectivity index (χ1) is 15.9. The van der Waals surface area contributed by atoms with Gasteiger partial charge in [0.25, 0.3) is 0 Å². The summed E-state index contributed by atoms with van der Waals surface area (Å²) in [6, 6.07) is 14.1. The Hall–Kier alpha value is -3.17. The minimum atomic E-state index is -6.00. The SMILES string of the molecule is CC[n+]1c2cc(NC(=O)C(C)(C)C)ccc2cc2ccc(NC(=O)C(C)(C)C)cc21.F[B-](F)(F)F. The first-order valence-electron chi connectivity index (χ1n) is 11.3. The van der Waals surface area contributed by atoms with E-state index in [9.17, 15) is 26.9 Å². The van der Waals surface area contributed by atoms with Crippen molar-refractivity contribution in [3.63, 3.8) is 0 Å². The van der Waals surface area contributed by atoms with Crippen LogP contribution in [0.15, 0.2) is 42.5 Å². The highest BCUT2D eigenvalue weighted by Crippen LogP contribution is 2.26. The zero-order valence-electron chi connectivity index (χ0n) is 21.1. The molecule has 1 aromatic heterocycles. The van der Waals surface area contributed by atoms with Gasteiger partial charge in [0.1, 0.15) is 6.54 Å². The van der Waals surface area contributed by atoms with Gasteiger partial charge in [0.15, 0.2) is 0 Å². The summed E-state index contributed by atoms with van der Waals surface area (Å²) < 4.78 is 41.2. The fourth-order valence-corrected chi connectivity index (χ4v) is 3.23. The van der Waals surface area contributed by atoms with Crippen LogP contribution in [0.2, 0.25) is 0 Å². The van der Waals surface area contributed by atoms with Gasteiger partial charge in [-0.2, -0.15) is 4.57 Å². The van der Waals surface area contributed by atoms with Crippen molar-refractivity contribution in [2.24, 2.45) is 10.8 Å². The molecule has 35 heavy (non-hydrogen) atoms. The molecule has 0 spiro atoms. The second kappa shape index (κ2) is 10.2. The molecule has 1 heterocycles. The van der Waals surface area contributed by atoms with Gasteiger partial charge in [0.2, 0.25) is 22.8 Å². The molecular weight excluding hydrogens is 461 g/mol. The number of hydrogen-bond acceptors (Lipinski definition) is 2. The van der Waals surface area contributed by atoms with E-state index >= 15 is 0 Å². The molecule has 0 saturated carbocycles. The lowest BCUT2D eigenvalue weighted by Gasteiger charge is -2.18. The third kappa shape index (κ3) is 7.94. The number of aromatic nitrogens is 1. The Bertz CT molecular complexity index is 1150. The van der Waals surface area contributed by atoms with Crippen LogP contribution in [0, 0.1) is 10.8 Å². The number of pyridine rings is 1. The summed E-state index contributed by atoms with van der Waals surface area (Å²) in [4.78, 5) is 24.8. The van der Waals surface area contributed by atoms with Crippen molar-refractivity contribution in [2.75, 3.05) is 10.6 Å². The maximum Gasteiger partial charge on any atom is 0.673 e. The molecule has 0 radical (unpaired) electrons. The van der Waals surface area contributed by atoms with Crippen molar-refractivity contribution in [1.29, 1.82) is 0 Å². The zero-order valence-corrected chi connectivity index (χ0v) is 21.1. The number of benzene rings is 2. The van der Waals surface area contributed by atoms with Crippen molar-refractivity contribution >= 4 is 52.2 Å². The molecule has 2 N–H and O–H groups in total. The molecule has 0 unspecified atom stereocenters. The van der Waals surface area contributed by atoms with Crippen molar-refractivity contribution in [2.45, 2.75) is 55.0 Å². The van der Waals surface area contributed by atoms with E-state index in [1.165, 1.54) is 0 Å². The smallest absolute Gasteiger partial charge is 0.418 e. The average Bonchev–Trinajstić information content (AvgIpc) is 2.69. The number of aryl methyl sites for hydroxylation is 1. The molecule has 0 atom stereocenters. The van der Waals surface area contributed by atoms with Crippen molar-refractivity contribution in [1.82, 2.24) is 0 Å². The van der Waals surface area contributed by atoms with E-state index in [0.29, 0.717) is 0 Å². The summed E-state index contributed by atoms with van der Waals surface area (Å²) in [6.07, 6.45) is 0. The summed E-state index contributed by atoms with van der Waals surface area (Å²) in [5.74, 6) is -0.0317.